The highest BCUT2D eigenvalue weighted by atomic mass is 32.2. The van der Waals surface area contributed by atoms with E-state index in [1.54, 1.807) is 18.9 Å². The van der Waals surface area contributed by atoms with Crippen molar-refractivity contribution in [1.29, 1.82) is 0 Å². The van der Waals surface area contributed by atoms with E-state index in [9.17, 15) is 4.79 Å². The number of rotatable bonds is 21. The molecule has 0 saturated carbocycles. The Morgan fingerprint density at radius 3 is 1.70 bits per heavy atom. The first kappa shape index (κ1) is 26.8. The molecule has 1 unspecified atom stereocenters. The molecule has 4 heteroatoms. The van der Waals surface area contributed by atoms with E-state index in [0.717, 1.165) is 17.9 Å². The molecule has 162 valence electrons. The normalized spacial score (nSPS) is 12.3. The van der Waals surface area contributed by atoms with E-state index in [-0.39, 0.29) is 5.97 Å². The average Bonchev–Trinajstić information content (AvgIpc) is 2.69. The molecule has 0 aliphatic carbocycles. The van der Waals surface area contributed by atoms with Gasteiger partial charge in [0.25, 0.3) is 0 Å². The van der Waals surface area contributed by atoms with E-state index < -0.39 is 0 Å². The highest BCUT2D eigenvalue weighted by Crippen LogP contribution is 2.16. The molecule has 3 nitrogen and oxygen atoms in total. The molecule has 0 rings (SSSR count). The Morgan fingerprint density at radius 2 is 1.26 bits per heavy atom. The van der Waals surface area contributed by atoms with Crippen LogP contribution in [0.5, 0.6) is 0 Å². The molecule has 27 heavy (non-hydrogen) atoms. The first-order chi connectivity index (χ1) is 13.2. The molecule has 0 amide bonds. The van der Waals surface area contributed by atoms with E-state index in [4.69, 9.17) is 4.74 Å². The van der Waals surface area contributed by atoms with Gasteiger partial charge in [0.15, 0.2) is 0 Å². The third kappa shape index (κ3) is 20.3. The molecule has 0 aromatic heterocycles. The van der Waals surface area contributed by atoms with Crippen LogP contribution in [0.3, 0.4) is 0 Å². The number of carbonyl (C=O) groups excluding carboxylic acids is 1. The Labute approximate surface area is 173 Å². The lowest BCUT2D eigenvalue weighted by molar-refractivity contribution is -0.140. The number of unbranched alkanes of at least 4 members (excludes halogenated alkanes) is 13. The zero-order valence-corrected chi connectivity index (χ0v) is 19.3. The fraction of sp³-hybridized carbons (Fsp3) is 0.957. The number of esters is 1. The van der Waals surface area contributed by atoms with Crippen molar-refractivity contribution in [2.45, 2.75) is 116 Å². The van der Waals surface area contributed by atoms with E-state index in [0.29, 0.717) is 12.5 Å². The van der Waals surface area contributed by atoms with Crippen LogP contribution in [-0.4, -0.2) is 37.8 Å². The number of methoxy groups -OCH3 is 2. The van der Waals surface area contributed by atoms with E-state index in [1.807, 2.05) is 0 Å². The lowest BCUT2D eigenvalue weighted by atomic mass is 10.0. The first-order valence-corrected chi connectivity index (χ1v) is 12.6. The lowest BCUT2D eigenvalue weighted by Crippen LogP contribution is -2.14. The van der Waals surface area contributed by atoms with Gasteiger partial charge in [0.2, 0.25) is 0 Å². The minimum absolute atomic E-state index is 0.122. The molecule has 0 radical (unpaired) electrons. The van der Waals surface area contributed by atoms with Crippen molar-refractivity contribution in [3.8, 4) is 0 Å². The summed E-state index contributed by atoms with van der Waals surface area (Å²) in [6.07, 6.45) is 21.5. The standard InChI is InChI=1S/C23H46O3S/c1-4-5-6-7-8-9-10-11-12-13-14-15-16-17-18-22(25-2)21-27-20-19-23(24)26-3/h22H,4-21H2,1-3H3. The highest BCUT2D eigenvalue weighted by Gasteiger charge is 2.08. The molecule has 0 aromatic rings. The molecule has 0 aliphatic rings. The van der Waals surface area contributed by atoms with Crippen molar-refractivity contribution in [2.24, 2.45) is 0 Å². The van der Waals surface area contributed by atoms with Gasteiger partial charge in [-0.3, -0.25) is 4.79 Å². The van der Waals surface area contributed by atoms with Gasteiger partial charge in [-0.2, -0.15) is 11.8 Å². The van der Waals surface area contributed by atoms with Gasteiger partial charge >= 0.3 is 5.97 Å². The second-order valence-corrected chi connectivity index (χ2v) is 8.79. The Kier molecular flexibility index (Phi) is 21.9. The fourth-order valence-corrected chi connectivity index (χ4v) is 4.35. The highest BCUT2D eigenvalue weighted by molar-refractivity contribution is 7.99. The molecule has 0 bridgehead atoms. The summed E-state index contributed by atoms with van der Waals surface area (Å²) in [4.78, 5) is 11.1. The summed E-state index contributed by atoms with van der Waals surface area (Å²) >= 11 is 1.79. The molecule has 0 N–H and O–H groups in total. The van der Waals surface area contributed by atoms with Crippen molar-refractivity contribution in [2.75, 3.05) is 25.7 Å². The van der Waals surface area contributed by atoms with Crippen molar-refractivity contribution in [1.82, 2.24) is 0 Å². The SMILES string of the molecule is CCCCCCCCCCCCCCCCC(CSCCC(=O)OC)OC. The summed E-state index contributed by atoms with van der Waals surface area (Å²) in [6, 6.07) is 0. The van der Waals surface area contributed by atoms with E-state index in [2.05, 4.69) is 11.7 Å². The smallest absolute Gasteiger partial charge is 0.306 e. The topological polar surface area (TPSA) is 35.5 Å². The zero-order chi connectivity index (χ0) is 20.0. The van der Waals surface area contributed by atoms with Crippen LogP contribution < -0.4 is 0 Å². The Hall–Kier alpha value is -0.220. The minimum atomic E-state index is -0.122. The molecular weight excluding hydrogens is 356 g/mol. The summed E-state index contributed by atoms with van der Waals surface area (Å²) in [5.41, 5.74) is 0. The fourth-order valence-electron chi connectivity index (χ4n) is 3.31. The third-order valence-corrected chi connectivity index (χ3v) is 6.30. The Balaban J connectivity index is 3.28. The van der Waals surface area contributed by atoms with E-state index >= 15 is 0 Å². The van der Waals surface area contributed by atoms with Crippen molar-refractivity contribution in [3.05, 3.63) is 0 Å². The molecule has 1 atom stereocenters. The van der Waals surface area contributed by atoms with Crippen LogP contribution in [-0.2, 0) is 14.3 Å². The maximum Gasteiger partial charge on any atom is 0.306 e. The summed E-state index contributed by atoms with van der Waals surface area (Å²) in [5.74, 6) is 1.68. The monoisotopic (exact) mass is 402 g/mol. The summed E-state index contributed by atoms with van der Waals surface area (Å²) in [6.45, 7) is 2.28. The first-order valence-electron chi connectivity index (χ1n) is 11.4. The number of hydrogen-bond acceptors (Lipinski definition) is 4. The summed E-state index contributed by atoms with van der Waals surface area (Å²) in [5, 5.41) is 0. The molecule has 0 heterocycles. The van der Waals surface area contributed by atoms with Gasteiger partial charge < -0.3 is 9.47 Å². The number of hydrogen-bond donors (Lipinski definition) is 0. The predicted octanol–water partition coefficient (Wildman–Crippen LogP) is 7.17. The van der Waals surface area contributed by atoms with Gasteiger partial charge in [-0.1, -0.05) is 96.8 Å². The van der Waals surface area contributed by atoms with Gasteiger partial charge in [-0.25, -0.2) is 0 Å². The molecule has 0 aromatic carbocycles. The Morgan fingerprint density at radius 1 is 0.778 bits per heavy atom. The summed E-state index contributed by atoms with van der Waals surface area (Å²) < 4.78 is 10.2. The largest absolute Gasteiger partial charge is 0.469 e. The minimum Gasteiger partial charge on any atom is -0.469 e. The number of thioether (sulfide) groups is 1. The van der Waals surface area contributed by atoms with Gasteiger partial charge in [-0.15, -0.1) is 0 Å². The van der Waals surface area contributed by atoms with Gasteiger partial charge in [0.05, 0.1) is 19.6 Å². The van der Waals surface area contributed by atoms with Crippen LogP contribution in [0.25, 0.3) is 0 Å². The molecule has 0 spiro atoms. The van der Waals surface area contributed by atoms with Crippen LogP contribution in [0.2, 0.25) is 0 Å². The Bertz CT molecular complexity index is 310. The quantitative estimate of drug-likeness (QED) is 0.151. The van der Waals surface area contributed by atoms with Crippen LogP contribution in [0.1, 0.15) is 110 Å². The zero-order valence-electron chi connectivity index (χ0n) is 18.4. The molecule has 0 aliphatic heterocycles. The van der Waals surface area contributed by atoms with Gasteiger partial charge in [0, 0.05) is 18.6 Å². The van der Waals surface area contributed by atoms with Crippen molar-refractivity contribution < 1.29 is 14.3 Å². The van der Waals surface area contributed by atoms with Gasteiger partial charge in [0.1, 0.15) is 0 Å². The lowest BCUT2D eigenvalue weighted by Gasteiger charge is -2.14. The molecule has 0 saturated heterocycles. The maximum absolute atomic E-state index is 11.1. The van der Waals surface area contributed by atoms with Crippen LogP contribution in [0, 0.1) is 0 Å². The second-order valence-electron chi connectivity index (χ2n) is 7.64. The summed E-state index contributed by atoms with van der Waals surface area (Å²) in [7, 11) is 3.25. The molecular formula is C23H46O3S. The average molecular weight is 403 g/mol. The second kappa shape index (κ2) is 22.1. The van der Waals surface area contributed by atoms with Gasteiger partial charge in [-0.05, 0) is 6.42 Å². The number of carbonyl (C=O) groups is 1. The van der Waals surface area contributed by atoms with E-state index in [1.165, 1.54) is 97.0 Å². The maximum atomic E-state index is 11.1. The van der Waals surface area contributed by atoms with Crippen molar-refractivity contribution >= 4 is 17.7 Å². The van der Waals surface area contributed by atoms with Crippen LogP contribution >= 0.6 is 11.8 Å². The third-order valence-electron chi connectivity index (χ3n) is 5.19. The van der Waals surface area contributed by atoms with Crippen LogP contribution in [0.4, 0.5) is 0 Å². The van der Waals surface area contributed by atoms with Crippen molar-refractivity contribution in [3.63, 3.8) is 0 Å². The molecule has 0 fully saturated rings. The van der Waals surface area contributed by atoms with Crippen LogP contribution in [0.15, 0.2) is 0 Å². The predicted molar refractivity (Wildman–Crippen MR) is 120 cm³/mol. The number of ether oxygens (including phenoxy) is 2.